The van der Waals surface area contributed by atoms with Crippen molar-refractivity contribution in [1.82, 2.24) is 9.97 Å². The molecule has 3 rings (SSSR count). The van der Waals surface area contributed by atoms with Gasteiger partial charge in [-0.2, -0.15) is 4.98 Å². The molecule has 0 fully saturated rings. The van der Waals surface area contributed by atoms with Gasteiger partial charge in [-0.1, -0.05) is 23.7 Å². The normalized spacial score (nSPS) is 10.8. The maximum atomic E-state index is 5.96. The van der Waals surface area contributed by atoms with E-state index in [4.69, 9.17) is 17.3 Å². The van der Waals surface area contributed by atoms with Gasteiger partial charge in [0.15, 0.2) is 0 Å². The van der Waals surface area contributed by atoms with Crippen molar-refractivity contribution in [2.75, 3.05) is 11.1 Å². The maximum Gasteiger partial charge on any atom is 0.223 e. The van der Waals surface area contributed by atoms with Gasteiger partial charge in [0.05, 0.1) is 5.39 Å². The molecule has 0 saturated heterocycles. The topological polar surface area (TPSA) is 63.8 Å². The third-order valence-electron chi connectivity index (χ3n) is 2.69. The molecule has 19 heavy (non-hydrogen) atoms. The van der Waals surface area contributed by atoms with Gasteiger partial charge in [0, 0.05) is 11.6 Å². The van der Waals surface area contributed by atoms with Gasteiger partial charge in [-0.05, 0) is 29.1 Å². The van der Waals surface area contributed by atoms with Crippen LogP contribution in [0.5, 0.6) is 0 Å². The first-order valence-electron chi connectivity index (χ1n) is 5.71. The predicted octanol–water partition coefficient (Wildman–Crippen LogP) is 3.54. The number of anilines is 2. The molecule has 6 heteroatoms. The highest BCUT2D eigenvalue weighted by atomic mass is 35.5. The number of hydrogen-bond acceptors (Lipinski definition) is 5. The molecular weight excluding hydrogens is 280 g/mol. The molecule has 0 aliphatic carbocycles. The second-order valence-corrected chi connectivity index (χ2v) is 5.38. The highest BCUT2D eigenvalue weighted by Crippen LogP contribution is 2.26. The zero-order chi connectivity index (χ0) is 13.2. The highest BCUT2D eigenvalue weighted by Gasteiger charge is 2.07. The van der Waals surface area contributed by atoms with Crippen LogP contribution in [0.1, 0.15) is 5.56 Å². The van der Waals surface area contributed by atoms with E-state index in [-0.39, 0.29) is 5.95 Å². The van der Waals surface area contributed by atoms with Crippen LogP contribution in [0.3, 0.4) is 0 Å². The summed E-state index contributed by atoms with van der Waals surface area (Å²) in [5, 5.41) is 6.96. The standard InChI is InChI=1S/C13H11ClN4S/c14-9-3-1-2-8(6-9)7-16-11-10-4-5-19-12(10)18-13(15)17-11/h1-6H,7H2,(H3,15,16,17,18). The SMILES string of the molecule is Nc1nc(NCc2cccc(Cl)c2)c2ccsc2n1. The number of rotatable bonds is 3. The van der Waals surface area contributed by atoms with Crippen molar-refractivity contribution in [2.45, 2.75) is 6.54 Å². The summed E-state index contributed by atoms with van der Waals surface area (Å²) in [7, 11) is 0. The number of hydrogen-bond donors (Lipinski definition) is 2. The fraction of sp³-hybridized carbons (Fsp3) is 0.0769. The number of benzene rings is 1. The zero-order valence-corrected chi connectivity index (χ0v) is 11.5. The Morgan fingerprint density at radius 3 is 3.00 bits per heavy atom. The van der Waals surface area contributed by atoms with Gasteiger partial charge in [0.1, 0.15) is 10.6 Å². The van der Waals surface area contributed by atoms with Crippen LogP contribution >= 0.6 is 22.9 Å². The largest absolute Gasteiger partial charge is 0.368 e. The smallest absolute Gasteiger partial charge is 0.223 e. The first-order chi connectivity index (χ1) is 9.22. The monoisotopic (exact) mass is 290 g/mol. The molecule has 0 aliphatic rings. The lowest BCUT2D eigenvalue weighted by atomic mass is 10.2. The summed E-state index contributed by atoms with van der Waals surface area (Å²) < 4.78 is 0. The predicted molar refractivity (Wildman–Crippen MR) is 80.6 cm³/mol. The quantitative estimate of drug-likeness (QED) is 0.774. The van der Waals surface area contributed by atoms with E-state index in [1.165, 1.54) is 0 Å². The van der Waals surface area contributed by atoms with Crippen molar-refractivity contribution in [1.29, 1.82) is 0 Å². The number of nitrogens with one attached hydrogen (secondary N) is 1. The fourth-order valence-electron chi connectivity index (χ4n) is 1.84. The molecule has 1 aromatic carbocycles. The average molecular weight is 291 g/mol. The Kier molecular flexibility index (Phi) is 3.23. The molecule has 96 valence electrons. The maximum absolute atomic E-state index is 5.96. The molecule has 0 spiro atoms. The van der Waals surface area contributed by atoms with Crippen molar-refractivity contribution >= 4 is 44.9 Å². The molecule has 2 heterocycles. The van der Waals surface area contributed by atoms with Gasteiger partial charge < -0.3 is 11.1 Å². The Morgan fingerprint density at radius 2 is 2.16 bits per heavy atom. The Labute approximate surface area is 119 Å². The van der Waals surface area contributed by atoms with E-state index in [1.807, 2.05) is 35.7 Å². The number of thiophene rings is 1. The van der Waals surface area contributed by atoms with E-state index < -0.39 is 0 Å². The molecule has 0 atom stereocenters. The molecular formula is C13H11ClN4S. The van der Waals surface area contributed by atoms with Crippen molar-refractivity contribution in [2.24, 2.45) is 0 Å². The van der Waals surface area contributed by atoms with E-state index in [0.717, 1.165) is 26.6 Å². The van der Waals surface area contributed by atoms with Gasteiger partial charge in [0.25, 0.3) is 0 Å². The lowest BCUT2D eigenvalue weighted by molar-refractivity contribution is 1.11. The van der Waals surface area contributed by atoms with Crippen molar-refractivity contribution in [3.63, 3.8) is 0 Å². The van der Waals surface area contributed by atoms with Crippen LogP contribution < -0.4 is 11.1 Å². The number of nitrogen functional groups attached to an aromatic ring is 1. The summed E-state index contributed by atoms with van der Waals surface area (Å²) in [6.45, 7) is 0.641. The summed E-state index contributed by atoms with van der Waals surface area (Å²) in [6, 6.07) is 9.69. The van der Waals surface area contributed by atoms with Gasteiger partial charge in [-0.3, -0.25) is 0 Å². The molecule has 3 N–H and O–H groups in total. The van der Waals surface area contributed by atoms with Crippen LogP contribution in [0, 0.1) is 0 Å². The summed E-state index contributed by atoms with van der Waals surface area (Å²) in [5.74, 6) is 1.03. The summed E-state index contributed by atoms with van der Waals surface area (Å²) in [5.41, 5.74) is 6.79. The zero-order valence-electron chi connectivity index (χ0n) is 9.93. The third-order valence-corrected chi connectivity index (χ3v) is 3.73. The van der Waals surface area contributed by atoms with Crippen molar-refractivity contribution in [3.8, 4) is 0 Å². The van der Waals surface area contributed by atoms with Gasteiger partial charge >= 0.3 is 0 Å². The molecule has 2 aromatic heterocycles. The Hall–Kier alpha value is -1.85. The molecule has 0 amide bonds. The Bertz CT molecular complexity index is 725. The van der Waals surface area contributed by atoms with E-state index in [1.54, 1.807) is 11.3 Å². The highest BCUT2D eigenvalue weighted by molar-refractivity contribution is 7.16. The molecule has 0 aliphatic heterocycles. The summed E-state index contributed by atoms with van der Waals surface area (Å²) >= 11 is 7.51. The summed E-state index contributed by atoms with van der Waals surface area (Å²) in [4.78, 5) is 9.32. The molecule has 3 aromatic rings. The second-order valence-electron chi connectivity index (χ2n) is 4.05. The average Bonchev–Trinajstić information content (AvgIpc) is 2.84. The van der Waals surface area contributed by atoms with E-state index in [2.05, 4.69) is 15.3 Å². The van der Waals surface area contributed by atoms with Crippen LogP contribution in [0.15, 0.2) is 35.7 Å². The number of nitrogens with zero attached hydrogens (tertiary/aromatic N) is 2. The number of nitrogens with two attached hydrogens (primary N) is 1. The first-order valence-corrected chi connectivity index (χ1v) is 6.97. The lowest BCUT2D eigenvalue weighted by Crippen LogP contribution is -2.04. The lowest BCUT2D eigenvalue weighted by Gasteiger charge is -2.07. The van der Waals surface area contributed by atoms with Gasteiger partial charge in [-0.15, -0.1) is 11.3 Å². The first kappa shape index (κ1) is 12.2. The minimum absolute atomic E-state index is 0.281. The van der Waals surface area contributed by atoms with Crippen LogP contribution in [0.25, 0.3) is 10.2 Å². The molecule has 0 radical (unpaired) electrons. The fourth-order valence-corrected chi connectivity index (χ4v) is 2.82. The third kappa shape index (κ3) is 2.62. The minimum Gasteiger partial charge on any atom is -0.368 e. The van der Waals surface area contributed by atoms with Crippen LogP contribution in [0.4, 0.5) is 11.8 Å². The summed E-state index contributed by atoms with van der Waals surface area (Å²) in [6.07, 6.45) is 0. The minimum atomic E-state index is 0.281. The van der Waals surface area contributed by atoms with Gasteiger partial charge in [-0.25, -0.2) is 4.98 Å². The number of halogens is 1. The van der Waals surface area contributed by atoms with Crippen LogP contribution in [-0.2, 0) is 6.54 Å². The number of aromatic nitrogens is 2. The van der Waals surface area contributed by atoms with Crippen molar-refractivity contribution in [3.05, 3.63) is 46.3 Å². The van der Waals surface area contributed by atoms with Crippen molar-refractivity contribution < 1.29 is 0 Å². The molecule has 4 nitrogen and oxygen atoms in total. The molecule has 0 saturated carbocycles. The van der Waals surface area contributed by atoms with Crippen LogP contribution in [-0.4, -0.2) is 9.97 Å². The van der Waals surface area contributed by atoms with E-state index >= 15 is 0 Å². The Balaban J connectivity index is 1.87. The molecule has 0 bridgehead atoms. The second kappa shape index (κ2) is 5.03. The van der Waals surface area contributed by atoms with E-state index in [9.17, 15) is 0 Å². The van der Waals surface area contributed by atoms with Crippen LogP contribution in [0.2, 0.25) is 5.02 Å². The van der Waals surface area contributed by atoms with E-state index in [0.29, 0.717) is 6.54 Å². The molecule has 0 unspecified atom stereocenters. The van der Waals surface area contributed by atoms with Gasteiger partial charge in [0.2, 0.25) is 5.95 Å². The number of fused-ring (bicyclic) bond motifs is 1. The Morgan fingerprint density at radius 1 is 1.26 bits per heavy atom.